The molecule has 1 aliphatic heterocycles. The molecule has 1 aromatic rings. The first kappa shape index (κ1) is 23.7. The van der Waals surface area contributed by atoms with Crippen molar-refractivity contribution in [2.24, 2.45) is 5.92 Å². The van der Waals surface area contributed by atoms with E-state index in [1.165, 1.54) is 25.7 Å². The van der Waals surface area contributed by atoms with Gasteiger partial charge in [-0.3, -0.25) is 0 Å². The van der Waals surface area contributed by atoms with Gasteiger partial charge in [-0.05, 0) is 75.6 Å². The lowest BCUT2D eigenvalue weighted by atomic mass is 9.84. The zero-order chi connectivity index (χ0) is 22.1. The summed E-state index contributed by atoms with van der Waals surface area (Å²) in [6.07, 6.45) is 11.0. The minimum absolute atomic E-state index is 0.132. The number of carbonyl (C=O) groups is 1. The normalized spacial score (nSPS) is 23.7. The third-order valence-electron chi connectivity index (χ3n) is 6.27. The van der Waals surface area contributed by atoms with Crippen LogP contribution < -0.4 is 10.1 Å². The highest BCUT2D eigenvalue weighted by Gasteiger charge is 2.25. The Morgan fingerprint density at radius 2 is 1.84 bits per heavy atom. The van der Waals surface area contributed by atoms with Gasteiger partial charge in [-0.25, -0.2) is 4.79 Å². The Kier molecular flexibility index (Phi) is 9.30. The molecule has 0 atom stereocenters. The Labute approximate surface area is 190 Å². The number of ether oxygens (including phenoxy) is 1. The molecule has 7 heteroatoms. The topological polar surface area (TPSA) is 85.6 Å². The molecule has 1 heterocycles. The van der Waals surface area contributed by atoms with Crippen molar-refractivity contribution in [1.29, 1.82) is 5.26 Å². The molecule has 6 nitrogen and oxygen atoms in total. The molecule has 2 aliphatic carbocycles. The van der Waals surface area contributed by atoms with E-state index in [0.717, 1.165) is 58.2 Å². The van der Waals surface area contributed by atoms with Gasteiger partial charge >= 0.3 is 6.09 Å². The van der Waals surface area contributed by atoms with Gasteiger partial charge in [0.05, 0.1) is 5.56 Å². The third kappa shape index (κ3) is 8.59. The number of halogens is 1. The van der Waals surface area contributed by atoms with Crippen LogP contribution in [0.5, 0.6) is 5.75 Å². The number of hydrogen-bond acceptors (Lipinski definition) is 4. The fourth-order valence-electron chi connectivity index (χ4n) is 4.26. The first-order valence-corrected chi connectivity index (χ1v) is 12.0. The van der Waals surface area contributed by atoms with Gasteiger partial charge in [0.15, 0.2) is 0 Å². The van der Waals surface area contributed by atoms with Crippen molar-refractivity contribution in [3.05, 3.63) is 28.8 Å². The maximum absolute atomic E-state index is 10.7. The van der Waals surface area contributed by atoms with E-state index in [0.29, 0.717) is 22.3 Å². The van der Waals surface area contributed by atoms with Crippen LogP contribution in [0.4, 0.5) is 4.79 Å². The van der Waals surface area contributed by atoms with E-state index in [1.807, 2.05) is 0 Å². The molecule has 1 aromatic carbocycles. The van der Waals surface area contributed by atoms with E-state index in [4.69, 9.17) is 21.4 Å². The summed E-state index contributed by atoms with van der Waals surface area (Å²) in [5, 5.41) is 21.2. The highest BCUT2D eigenvalue weighted by Crippen LogP contribution is 2.28. The summed E-state index contributed by atoms with van der Waals surface area (Å²) in [6, 6.07) is 7.46. The summed E-state index contributed by atoms with van der Waals surface area (Å²) in [6.45, 7) is 3.12. The van der Waals surface area contributed by atoms with Crippen molar-refractivity contribution in [3.63, 3.8) is 0 Å². The monoisotopic (exact) mass is 447 g/mol. The molecule has 2 saturated carbocycles. The summed E-state index contributed by atoms with van der Waals surface area (Å²) in [7, 11) is 0. The molecule has 0 radical (unpaired) electrons. The first-order chi connectivity index (χ1) is 15.0. The van der Waals surface area contributed by atoms with Crippen LogP contribution in [-0.2, 0) is 0 Å². The average molecular weight is 448 g/mol. The predicted octanol–water partition coefficient (Wildman–Crippen LogP) is 5.44. The summed E-state index contributed by atoms with van der Waals surface area (Å²) in [5.74, 6) is 1.32. The molecule has 0 bridgehead atoms. The van der Waals surface area contributed by atoms with Crippen molar-refractivity contribution in [2.45, 2.75) is 76.4 Å². The number of hydrogen-bond donors (Lipinski definition) is 2. The fraction of sp³-hybridized carbons (Fsp3) is 0.667. The maximum Gasteiger partial charge on any atom is 0.404 e. The molecule has 2 N–H and O–H groups in total. The van der Waals surface area contributed by atoms with Crippen LogP contribution in [-0.4, -0.2) is 47.9 Å². The number of rotatable bonds is 6. The molecule has 0 unspecified atom stereocenters. The number of carboxylic acid groups (broad SMARTS) is 1. The van der Waals surface area contributed by atoms with E-state index in [9.17, 15) is 10.1 Å². The number of piperidine rings is 1. The minimum Gasteiger partial charge on any atom is -0.489 e. The lowest BCUT2D eigenvalue weighted by molar-refractivity contribution is 0.0946. The van der Waals surface area contributed by atoms with Crippen LogP contribution in [0.2, 0.25) is 5.02 Å². The van der Waals surface area contributed by atoms with Crippen molar-refractivity contribution in [1.82, 2.24) is 10.2 Å². The van der Waals surface area contributed by atoms with Crippen molar-refractivity contribution in [2.75, 3.05) is 19.6 Å². The second-order valence-electron chi connectivity index (χ2n) is 8.93. The Bertz CT molecular complexity index is 746. The van der Waals surface area contributed by atoms with Gasteiger partial charge in [0, 0.05) is 24.2 Å². The second kappa shape index (κ2) is 12.2. The Morgan fingerprint density at radius 3 is 2.42 bits per heavy atom. The number of nitriles is 1. The van der Waals surface area contributed by atoms with Gasteiger partial charge in [-0.15, -0.1) is 0 Å². The summed E-state index contributed by atoms with van der Waals surface area (Å²) < 4.78 is 6.06. The van der Waals surface area contributed by atoms with Crippen LogP contribution >= 0.6 is 11.6 Å². The molecule has 0 aromatic heterocycles. The Balaban J connectivity index is 0.000000834. The zero-order valence-corrected chi connectivity index (χ0v) is 18.9. The Hall–Kier alpha value is -1.97. The smallest absolute Gasteiger partial charge is 0.404 e. The van der Waals surface area contributed by atoms with Crippen LogP contribution in [0.15, 0.2) is 18.2 Å². The summed E-state index contributed by atoms with van der Waals surface area (Å²) in [5.41, 5.74) is 0.489. The molecule has 170 valence electrons. The first-order valence-electron chi connectivity index (χ1n) is 11.6. The van der Waals surface area contributed by atoms with Crippen LogP contribution in [0, 0.1) is 17.2 Å². The van der Waals surface area contributed by atoms with Crippen LogP contribution in [0.1, 0.15) is 69.8 Å². The van der Waals surface area contributed by atoms with E-state index >= 15 is 0 Å². The lowest BCUT2D eigenvalue weighted by Gasteiger charge is -2.34. The van der Waals surface area contributed by atoms with E-state index in [-0.39, 0.29) is 12.1 Å². The number of benzene rings is 1. The van der Waals surface area contributed by atoms with E-state index in [2.05, 4.69) is 16.3 Å². The third-order valence-corrected chi connectivity index (χ3v) is 6.51. The molecule has 1 amide bonds. The predicted molar refractivity (Wildman–Crippen MR) is 122 cm³/mol. The fourth-order valence-corrected chi connectivity index (χ4v) is 4.43. The molecule has 0 spiro atoms. The van der Waals surface area contributed by atoms with E-state index < -0.39 is 6.09 Å². The zero-order valence-electron chi connectivity index (χ0n) is 18.2. The Morgan fingerprint density at radius 1 is 1.16 bits per heavy atom. The van der Waals surface area contributed by atoms with Crippen molar-refractivity contribution in [3.8, 4) is 11.8 Å². The quantitative estimate of drug-likeness (QED) is 0.606. The largest absolute Gasteiger partial charge is 0.489 e. The SMILES string of the molecule is C1CC1.N#Cc1cc(Cl)ccc1OC1CCN(CC[C@H]2CC[C@H](NC(=O)O)CC2)CC1. The molecular formula is C24H34ClN3O3. The minimum atomic E-state index is -0.908. The van der Waals surface area contributed by atoms with Gasteiger partial charge < -0.3 is 20.1 Å². The highest BCUT2D eigenvalue weighted by atomic mass is 35.5. The average Bonchev–Trinajstić information content (AvgIpc) is 3.65. The van der Waals surface area contributed by atoms with Gasteiger partial charge in [0.2, 0.25) is 0 Å². The number of likely N-dealkylation sites (tertiary alicyclic amines) is 1. The van der Waals surface area contributed by atoms with Crippen molar-refractivity contribution >= 4 is 17.7 Å². The van der Waals surface area contributed by atoms with Crippen LogP contribution in [0.25, 0.3) is 0 Å². The van der Waals surface area contributed by atoms with Gasteiger partial charge in [-0.1, -0.05) is 30.9 Å². The molecule has 3 fully saturated rings. The maximum atomic E-state index is 10.7. The van der Waals surface area contributed by atoms with E-state index in [1.54, 1.807) is 18.2 Å². The number of nitrogens with one attached hydrogen (secondary N) is 1. The lowest BCUT2D eigenvalue weighted by Crippen LogP contribution is -2.40. The standard InChI is InChI=1S/C21H28ClN3O3.C3H6/c22-17-3-6-20(16(13-17)14-23)28-19-8-11-25(12-9-19)10-7-15-1-4-18(5-2-15)24-21(26)27;1-2-3-1/h3,6,13,15,18-19,24H,1-2,4-5,7-12H2,(H,26,27);1-3H2/t15-,18-;. The molecule has 3 aliphatic rings. The second-order valence-corrected chi connectivity index (χ2v) is 9.36. The summed E-state index contributed by atoms with van der Waals surface area (Å²) >= 11 is 5.94. The summed E-state index contributed by atoms with van der Waals surface area (Å²) in [4.78, 5) is 13.2. The van der Waals surface area contributed by atoms with Gasteiger partial charge in [0.1, 0.15) is 17.9 Å². The van der Waals surface area contributed by atoms with Gasteiger partial charge in [-0.2, -0.15) is 5.26 Å². The van der Waals surface area contributed by atoms with Gasteiger partial charge in [0.25, 0.3) is 0 Å². The molecule has 4 rings (SSSR count). The number of nitrogens with zero attached hydrogens (tertiary/aromatic N) is 2. The number of amides is 1. The molecular weight excluding hydrogens is 414 g/mol. The van der Waals surface area contributed by atoms with Crippen LogP contribution in [0.3, 0.4) is 0 Å². The molecule has 1 saturated heterocycles. The van der Waals surface area contributed by atoms with Crippen molar-refractivity contribution < 1.29 is 14.6 Å². The molecule has 31 heavy (non-hydrogen) atoms. The highest BCUT2D eigenvalue weighted by molar-refractivity contribution is 6.30.